The molecule has 0 unspecified atom stereocenters. The summed E-state index contributed by atoms with van der Waals surface area (Å²) in [5.74, 6) is -0.872. The van der Waals surface area contributed by atoms with Gasteiger partial charge in [0.15, 0.2) is 0 Å². The van der Waals surface area contributed by atoms with Gasteiger partial charge in [-0.15, -0.1) is 46.5 Å². The second-order valence-electron chi connectivity index (χ2n) is 20.0. The summed E-state index contributed by atoms with van der Waals surface area (Å²) in [6.07, 6.45) is 34.5. The van der Waals surface area contributed by atoms with Gasteiger partial charge in [0.05, 0.1) is 0 Å². The van der Waals surface area contributed by atoms with Gasteiger partial charge in [-0.25, -0.2) is 0 Å². The van der Waals surface area contributed by atoms with E-state index in [0.29, 0.717) is 45.0 Å². The predicted molar refractivity (Wildman–Crippen MR) is 401 cm³/mol. The maximum Gasteiger partial charge on any atom is 4.00 e. The van der Waals surface area contributed by atoms with Crippen LogP contribution in [0.25, 0.3) is 10.6 Å². The maximum atomic E-state index is 13.4. The summed E-state index contributed by atoms with van der Waals surface area (Å²) in [5, 5.41) is 61.6. The molecule has 2 atom stereocenters. The number of pyridine rings is 9. The van der Waals surface area contributed by atoms with E-state index in [1.54, 1.807) is 233 Å². The van der Waals surface area contributed by atoms with Gasteiger partial charge < -0.3 is 79.0 Å². The van der Waals surface area contributed by atoms with E-state index in [0.717, 1.165) is 0 Å². The SMILES string of the molecule is [I-].[I-].[O-]c1ccccc1C=Nc1ccccc1[N-][C@H](c1ccccc1[O-])[C@H]([N-]c1ccccc1N=Cc1ccccc1[O-])c1ccccc1[O-].[U+4].[U+4].c1ccncc1.c1ccncc1.c1ccncc1.c1ccncc1.c1ccncc1.c1ccncc1.c1ccncc1.c1ccncc1.c1ccncc1. The Labute approximate surface area is 702 Å². The molecular weight excluding hydrogens is 2000 g/mol. The molecule has 106 heavy (non-hydrogen) atoms. The Balaban J connectivity index is 0.000000519. The normalized spacial score (nSPS) is 9.77. The fourth-order valence-corrected chi connectivity index (χ4v) is 8.00. The minimum atomic E-state index is -0.962. The van der Waals surface area contributed by atoms with E-state index in [9.17, 15) is 20.4 Å². The minimum Gasteiger partial charge on any atom is -1.00 e. The van der Waals surface area contributed by atoms with Crippen LogP contribution < -0.4 is 68.4 Å². The zero-order valence-electron chi connectivity index (χ0n) is 57.3. The molecule has 15 aromatic rings. The van der Waals surface area contributed by atoms with Gasteiger partial charge in [0.25, 0.3) is 0 Å². The summed E-state index contributed by atoms with van der Waals surface area (Å²) >= 11 is 0. The first-order chi connectivity index (χ1) is 50.5. The molecule has 0 saturated carbocycles. The number of benzene rings is 6. The van der Waals surface area contributed by atoms with E-state index in [4.69, 9.17) is 10.6 Å². The van der Waals surface area contributed by atoms with Crippen LogP contribution in [-0.2, 0) is 0 Å². The van der Waals surface area contributed by atoms with Crippen molar-refractivity contribution in [2.45, 2.75) is 12.1 Å². The third kappa shape index (κ3) is 41.0. The van der Waals surface area contributed by atoms with E-state index >= 15 is 0 Å². The average molecular weight is 2070 g/mol. The topological polar surface area (TPSA) is 261 Å². The van der Waals surface area contributed by atoms with Crippen molar-refractivity contribution in [2.24, 2.45) is 9.98 Å². The molecule has 0 spiro atoms. The zero-order valence-corrected chi connectivity index (χ0v) is 70.0. The Morgan fingerprint density at radius 3 is 0.604 bits per heavy atom. The van der Waals surface area contributed by atoms with Crippen LogP contribution in [0.1, 0.15) is 34.3 Å². The number of halogens is 2. The molecule has 0 bridgehead atoms. The third-order valence-electron chi connectivity index (χ3n) is 12.7. The molecule has 0 radical (unpaired) electrons. The van der Waals surface area contributed by atoms with Crippen molar-refractivity contribution in [3.63, 3.8) is 0 Å². The van der Waals surface area contributed by atoms with E-state index in [1.807, 2.05) is 164 Å². The van der Waals surface area contributed by atoms with Gasteiger partial charge in [0, 0.05) is 135 Å². The summed E-state index contributed by atoms with van der Waals surface area (Å²) < 4.78 is 0. The number of hydrogen-bond acceptors (Lipinski definition) is 15. The standard InChI is InChI=1S/C40H32N4O4.9C5H5N.2HI.2U/c45-35-21-9-1-13-27(35)25-41-31-17-5-7-19-33(31)43-39(29-15-3-11-23-37(29)47)40(30-16-4-12-24-38(30)48)44-34-20-8-6-18-32(34)42-26-28-14-2-10-22-36(28)46;9*1-2-4-6-5-3-1;;;;/h1-26,39-40,47-48H,(H,41,45)(H,42,46);9*1-5H;2*1H;;/q-2;;;;;;;;;;;;2*+4/p-6/t39-,40-;;;;;;;;;;;;;/m1............./s1. The molecule has 0 amide bonds. The fraction of sp³-hybridized carbons (Fsp3) is 0.0235. The van der Waals surface area contributed by atoms with E-state index in [1.165, 1.54) is 36.7 Å². The van der Waals surface area contributed by atoms with E-state index in [2.05, 4.69) is 54.8 Å². The molecule has 0 aliphatic rings. The van der Waals surface area contributed by atoms with E-state index in [-0.39, 0.29) is 133 Å². The number of para-hydroxylation sites is 8. The average Bonchev–Trinajstić information content (AvgIpc) is 0.790. The molecule has 9 aromatic heterocycles. The fourth-order valence-electron chi connectivity index (χ4n) is 8.00. The molecule has 0 fully saturated rings. The first-order valence-corrected chi connectivity index (χ1v) is 31.8. The van der Waals surface area contributed by atoms with Crippen LogP contribution in [0.5, 0.6) is 23.0 Å². The first-order valence-electron chi connectivity index (χ1n) is 31.8. The summed E-state index contributed by atoms with van der Waals surface area (Å²) in [5.41, 5.74) is 3.30. The number of nitrogens with zero attached hydrogens (tertiary/aromatic N) is 13. The molecule has 524 valence electrons. The second kappa shape index (κ2) is 61.8. The second-order valence-corrected chi connectivity index (χ2v) is 20.0. The summed E-state index contributed by atoms with van der Waals surface area (Å²) in [6.45, 7) is 0. The third-order valence-corrected chi connectivity index (χ3v) is 12.7. The maximum absolute atomic E-state index is 13.4. The Morgan fingerprint density at radius 1 is 0.226 bits per heavy atom. The molecule has 15 rings (SSSR count). The van der Waals surface area contributed by atoms with Crippen molar-refractivity contribution < 1.29 is 131 Å². The smallest absolute Gasteiger partial charge is 1.00 e. The molecular formula is C85H73I2N13O4U2. The molecule has 6 aromatic carbocycles. The minimum absolute atomic E-state index is 0. The number of hydrogen-bond donors (Lipinski definition) is 0. The Bertz CT molecular complexity index is 3670. The van der Waals surface area contributed by atoms with Gasteiger partial charge in [0.1, 0.15) is 0 Å². The molecule has 0 aliphatic heterocycles. The largest absolute Gasteiger partial charge is 4.00 e. The summed E-state index contributed by atoms with van der Waals surface area (Å²) in [6, 6.07) is 89.9. The Kier molecular flexibility index (Phi) is 53.3. The van der Waals surface area contributed by atoms with E-state index < -0.39 is 12.1 Å². The van der Waals surface area contributed by atoms with Gasteiger partial charge in [-0.1, -0.05) is 199 Å². The van der Waals surface area contributed by atoms with Crippen LogP contribution in [0.15, 0.2) is 431 Å². The first kappa shape index (κ1) is 91.5. The number of aliphatic imine (C=N–C) groups is 2. The Morgan fingerprint density at radius 2 is 0.415 bits per heavy atom. The number of rotatable bonds is 11. The Hall–Kier alpha value is -10.6. The van der Waals surface area contributed by atoms with Crippen molar-refractivity contribution in [3.05, 3.63) is 454 Å². The van der Waals surface area contributed by atoms with Crippen LogP contribution in [0.3, 0.4) is 0 Å². The molecule has 17 nitrogen and oxygen atoms in total. The van der Waals surface area contributed by atoms with Gasteiger partial charge in [-0.05, 0) is 132 Å². The van der Waals surface area contributed by atoms with Crippen LogP contribution in [0.4, 0.5) is 22.7 Å². The van der Waals surface area contributed by atoms with Crippen LogP contribution in [0, 0.1) is 62.2 Å². The molecule has 9 heterocycles. The predicted octanol–water partition coefficient (Wildman–Crippen LogP) is 11.4. The summed E-state index contributed by atoms with van der Waals surface area (Å²) in [4.78, 5) is 43.2. The van der Waals surface area contributed by atoms with Crippen molar-refractivity contribution in [3.8, 4) is 23.0 Å². The van der Waals surface area contributed by atoms with Crippen molar-refractivity contribution in [1.82, 2.24) is 44.9 Å². The number of aromatic nitrogens is 9. The van der Waals surface area contributed by atoms with Crippen LogP contribution in [-0.4, -0.2) is 57.3 Å². The van der Waals surface area contributed by atoms with Crippen LogP contribution >= 0.6 is 0 Å². The monoisotopic (exact) mass is 2070 g/mol. The summed E-state index contributed by atoms with van der Waals surface area (Å²) in [7, 11) is 0. The van der Waals surface area contributed by atoms with Gasteiger partial charge in [-0.2, -0.15) is 0 Å². The van der Waals surface area contributed by atoms with Gasteiger partial charge >= 0.3 is 62.2 Å². The van der Waals surface area contributed by atoms with Gasteiger partial charge in [-0.3, -0.25) is 54.8 Å². The van der Waals surface area contributed by atoms with Crippen molar-refractivity contribution in [1.29, 1.82) is 0 Å². The zero-order chi connectivity index (χ0) is 71.5. The van der Waals surface area contributed by atoms with Crippen molar-refractivity contribution in [2.75, 3.05) is 0 Å². The molecule has 0 saturated heterocycles. The molecule has 21 heteroatoms. The van der Waals surface area contributed by atoms with Gasteiger partial charge in [0.2, 0.25) is 0 Å². The van der Waals surface area contributed by atoms with Crippen LogP contribution in [0.2, 0.25) is 0 Å². The van der Waals surface area contributed by atoms with Crippen molar-refractivity contribution >= 4 is 35.2 Å². The molecule has 0 N–H and O–H groups in total. The molecule has 0 aliphatic carbocycles. The quantitative estimate of drug-likeness (QED) is 0.0863.